The maximum atomic E-state index is 13.6. The first-order chi connectivity index (χ1) is 12.6. The number of ether oxygens (including phenoxy) is 1. The normalized spacial score (nSPS) is 22.5. The van der Waals surface area contributed by atoms with Gasteiger partial charge in [-0.25, -0.2) is 4.39 Å². The Balaban J connectivity index is 1.42. The molecule has 0 aromatic heterocycles. The Labute approximate surface area is 153 Å². The van der Waals surface area contributed by atoms with Crippen LogP contribution in [-0.2, 0) is 6.42 Å². The number of hydrogen-bond acceptors (Lipinski definition) is 3. The van der Waals surface area contributed by atoms with E-state index in [4.69, 9.17) is 4.74 Å². The molecule has 136 valence electrons. The Bertz CT molecular complexity index is 796. The van der Waals surface area contributed by atoms with Gasteiger partial charge < -0.3 is 9.64 Å². The summed E-state index contributed by atoms with van der Waals surface area (Å²) in [5.74, 6) is -0.116. The number of likely N-dealkylation sites (N-methyl/N-ethyl adjacent to an activating group) is 1. The van der Waals surface area contributed by atoms with Crippen molar-refractivity contribution in [2.75, 3.05) is 26.7 Å². The van der Waals surface area contributed by atoms with Gasteiger partial charge in [0.2, 0.25) is 0 Å². The predicted molar refractivity (Wildman–Crippen MR) is 97.9 cm³/mol. The van der Waals surface area contributed by atoms with E-state index >= 15 is 0 Å². The van der Waals surface area contributed by atoms with Crippen LogP contribution in [-0.4, -0.2) is 54.5 Å². The number of carbonyl (C=O) groups is 1. The summed E-state index contributed by atoms with van der Waals surface area (Å²) >= 11 is 0. The van der Waals surface area contributed by atoms with Crippen molar-refractivity contribution in [1.29, 1.82) is 0 Å². The molecule has 0 unspecified atom stereocenters. The monoisotopic (exact) mass is 354 g/mol. The van der Waals surface area contributed by atoms with Crippen LogP contribution in [0, 0.1) is 5.82 Å². The second kappa shape index (κ2) is 7.08. The van der Waals surface area contributed by atoms with Crippen molar-refractivity contribution in [3.05, 3.63) is 65.5 Å². The van der Waals surface area contributed by atoms with Gasteiger partial charge in [-0.3, -0.25) is 9.69 Å². The molecule has 2 atom stereocenters. The van der Waals surface area contributed by atoms with E-state index < -0.39 is 0 Å². The minimum atomic E-state index is -0.379. The molecule has 0 N–H and O–H groups in total. The number of halogens is 1. The molecule has 0 aliphatic carbocycles. The summed E-state index contributed by atoms with van der Waals surface area (Å²) in [6.45, 7) is 2.51. The topological polar surface area (TPSA) is 32.8 Å². The molecule has 26 heavy (non-hydrogen) atoms. The van der Waals surface area contributed by atoms with Gasteiger partial charge in [0.1, 0.15) is 17.7 Å². The van der Waals surface area contributed by atoms with Crippen molar-refractivity contribution >= 4 is 5.91 Å². The zero-order chi connectivity index (χ0) is 18.1. The zero-order valence-corrected chi connectivity index (χ0v) is 14.9. The van der Waals surface area contributed by atoms with Gasteiger partial charge >= 0.3 is 0 Å². The van der Waals surface area contributed by atoms with Crippen molar-refractivity contribution in [1.82, 2.24) is 9.80 Å². The fourth-order valence-electron chi connectivity index (χ4n) is 3.93. The molecule has 0 radical (unpaired) electrons. The molecule has 2 heterocycles. The van der Waals surface area contributed by atoms with E-state index in [2.05, 4.69) is 29.2 Å². The van der Waals surface area contributed by atoms with Crippen molar-refractivity contribution in [3.8, 4) is 5.75 Å². The lowest BCUT2D eigenvalue weighted by Gasteiger charge is -2.25. The minimum absolute atomic E-state index is 0.00492. The number of nitrogens with zero attached hydrogens (tertiary/aromatic N) is 2. The van der Waals surface area contributed by atoms with E-state index in [0.29, 0.717) is 11.3 Å². The van der Waals surface area contributed by atoms with Crippen molar-refractivity contribution in [3.63, 3.8) is 0 Å². The smallest absolute Gasteiger partial charge is 0.257 e. The van der Waals surface area contributed by atoms with Gasteiger partial charge in [-0.1, -0.05) is 30.3 Å². The molecule has 5 heteroatoms. The zero-order valence-electron chi connectivity index (χ0n) is 14.9. The van der Waals surface area contributed by atoms with E-state index in [1.165, 1.54) is 23.8 Å². The third kappa shape index (κ3) is 3.31. The summed E-state index contributed by atoms with van der Waals surface area (Å²) in [6, 6.07) is 14.6. The third-order valence-corrected chi connectivity index (χ3v) is 5.37. The molecular weight excluding hydrogens is 331 g/mol. The average molecular weight is 354 g/mol. The van der Waals surface area contributed by atoms with Crippen molar-refractivity contribution in [2.45, 2.75) is 25.0 Å². The van der Waals surface area contributed by atoms with E-state index in [1.54, 1.807) is 4.90 Å². The molecule has 0 spiro atoms. The van der Waals surface area contributed by atoms with Crippen LogP contribution in [0.5, 0.6) is 5.75 Å². The van der Waals surface area contributed by atoms with Crippen molar-refractivity contribution in [2.24, 2.45) is 0 Å². The lowest BCUT2D eigenvalue weighted by molar-refractivity contribution is 0.0682. The molecule has 0 bridgehead atoms. The number of carbonyl (C=O) groups excluding carboxylic acids is 1. The van der Waals surface area contributed by atoms with E-state index in [0.717, 1.165) is 32.5 Å². The molecule has 4 rings (SSSR count). The Hall–Kier alpha value is -2.40. The summed E-state index contributed by atoms with van der Waals surface area (Å²) in [5, 5.41) is 0. The highest BCUT2D eigenvalue weighted by molar-refractivity contribution is 5.97. The van der Waals surface area contributed by atoms with Gasteiger partial charge in [0.05, 0.1) is 11.6 Å². The first-order valence-electron chi connectivity index (χ1n) is 9.11. The van der Waals surface area contributed by atoms with Crippen LogP contribution in [0.15, 0.2) is 48.5 Å². The largest absolute Gasteiger partial charge is 0.486 e. The third-order valence-electron chi connectivity index (χ3n) is 5.37. The Morgan fingerprint density at radius 2 is 1.96 bits per heavy atom. The second-order valence-electron chi connectivity index (χ2n) is 7.13. The van der Waals surface area contributed by atoms with E-state index in [1.807, 2.05) is 13.1 Å². The molecule has 1 amide bonds. The molecular formula is C21H23FN2O2. The number of likely N-dealkylation sites (tertiary alicyclic amines) is 1. The molecule has 4 nitrogen and oxygen atoms in total. The van der Waals surface area contributed by atoms with Gasteiger partial charge in [0, 0.05) is 26.2 Å². The highest BCUT2D eigenvalue weighted by atomic mass is 19.1. The fourth-order valence-corrected chi connectivity index (χ4v) is 3.93. The summed E-state index contributed by atoms with van der Waals surface area (Å²) in [5.41, 5.74) is 1.78. The first kappa shape index (κ1) is 17.0. The molecule has 2 aliphatic heterocycles. The van der Waals surface area contributed by atoms with Crippen LogP contribution in [0.3, 0.4) is 0 Å². The van der Waals surface area contributed by atoms with E-state index in [9.17, 15) is 9.18 Å². The quantitative estimate of drug-likeness (QED) is 0.846. The van der Waals surface area contributed by atoms with Gasteiger partial charge in [0.15, 0.2) is 0 Å². The molecule has 2 aromatic carbocycles. The number of fused-ring (bicyclic) bond motifs is 2. The summed E-state index contributed by atoms with van der Waals surface area (Å²) in [6.07, 6.45) is 1.98. The van der Waals surface area contributed by atoms with Gasteiger partial charge in [-0.05, 0) is 37.1 Å². The number of amides is 1. The molecule has 1 saturated heterocycles. The fraction of sp³-hybridized carbons (Fsp3) is 0.381. The highest BCUT2D eigenvalue weighted by Gasteiger charge is 2.42. The minimum Gasteiger partial charge on any atom is -0.486 e. The standard InChI is InChI=1S/C21H23FN2O2/c1-23-18-13-24(11-5-8-15-6-3-2-4-7-15)14-20(18)26-19-12-16(22)9-10-17(19)21(23)25/h2-4,6-7,9-10,12,18,20H,5,8,11,13-14H2,1H3/t18-,20+/m1/s1. The number of aryl methyl sites for hydroxylation is 1. The first-order valence-corrected chi connectivity index (χ1v) is 9.11. The summed E-state index contributed by atoms with van der Waals surface area (Å²) < 4.78 is 19.6. The van der Waals surface area contributed by atoms with Crippen LogP contribution >= 0.6 is 0 Å². The van der Waals surface area contributed by atoms with Crippen LogP contribution in [0.4, 0.5) is 4.39 Å². The summed E-state index contributed by atoms with van der Waals surface area (Å²) in [4.78, 5) is 16.8. The lowest BCUT2D eigenvalue weighted by Crippen LogP contribution is -2.44. The van der Waals surface area contributed by atoms with Crippen LogP contribution in [0.1, 0.15) is 22.3 Å². The number of hydrogen-bond donors (Lipinski definition) is 0. The van der Waals surface area contributed by atoms with Gasteiger partial charge in [-0.2, -0.15) is 0 Å². The average Bonchev–Trinajstić information content (AvgIpc) is 3.00. The molecule has 2 aromatic rings. The summed E-state index contributed by atoms with van der Waals surface area (Å²) in [7, 11) is 1.81. The molecule has 2 aliphatic rings. The predicted octanol–water partition coefficient (Wildman–Crippen LogP) is 2.98. The van der Waals surface area contributed by atoms with Crippen LogP contribution in [0.25, 0.3) is 0 Å². The second-order valence-corrected chi connectivity index (χ2v) is 7.13. The SMILES string of the molecule is CN1C(=O)c2ccc(F)cc2O[C@H]2CN(CCCc3ccccc3)C[C@H]21. The highest BCUT2D eigenvalue weighted by Crippen LogP contribution is 2.31. The maximum absolute atomic E-state index is 13.6. The number of benzene rings is 2. The van der Waals surface area contributed by atoms with Crippen LogP contribution < -0.4 is 4.74 Å². The van der Waals surface area contributed by atoms with Gasteiger partial charge in [-0.15, -0.1) is 0 Å². The maximum Gasteiger partial charge on any atom is 0.257 e. The molecule has 0 saturated carbocycles. The number of rotatable bonds is 4. The Morgan fingerprint density at radius 3 is 2.77 bits per heavy atom. The van der Waals surface area contributed by atoms with Crippen molar-refractivity contribution < 1.29 is 13.9 Å². The lowest BCUT2D eigenvalue weighted by atomic mass is 10.1. The Morgan fingerprint density at radius 1 is 1.15 bits per heavy atom. The van der Waals surface area contributed by atoms with Gasteiger partial charge in [0.25, 0.3) is 5.91 Å². The molecule has 1 fully saturated rings. The van der Waals surface area contributed by atoms with Crippen LogP contribution in [0.2, 0.25) is 0 Å². The Kier molecular flexibility index (Phi) is 4.64. The van der Waals surface area contributed by atoms with E-state index in [-0.39, 0.29) is 23.9 Å².